The predicted octanol–water partition coefficient (Wildman–Crippen LogP) is 1.54. The van der Waals surface area contributed by atoms with E-state index >= 15 is 0 Å². The van der Waals surface area contributed by atoms with Crippen molar-refractivity contribution in [3.63, 3.8) is 0 Å². The molecule has 0 spiro atoms. The van der Waals surface area contributed by atoms with Crippen molar-refractivity contribution in [2.45, 2.75) is 56.5 Å². The molecule has 198 valence electrons. The third-order valence-electron chi connectivity index (χ3n) is 6.04. The average molecular weight is 528 g/mol. The van der Waals surface area contributed by atoms with Gasteiger partial charge in [0.2, 0.25) is 17.7 Å². The second-order valence-corrected chi connectivity index (χ2v) is 11.2. The lowest BCUT2D eigenvalue weighted by Gasteiger charge is -2.27. The summed E-state index contributed by atoms with van der Waals surface area (Å²) in [4.78, 5) is 39.5. The summed E-state index contributed by atoms with van der Waals surface area (Å²) < 4.78 is 27.1. The van der Waals surface area contributed by atoms with Crippen LogP contribution in [0.25, 0.3) is 0 Å². The van der Waals surface area contributed by atoms with Gasteiger partial charge in [0.15, 0.2) is 0 Å². The molecule has 0 saturated carbocycles. The van der Waals surface area contributed by atoms with Crippen LogP contribution >= 0.6 is 0 Å². The molecule has 0 unspecified atom stereocenters. The highest BCUT2D eigenvalue weighted by Gasteiger charge is 2.36. The Morgan fingerprint density at radius 2 is 1.73 bits per heavy atom. The van der Waals surface area contributed by atoms with E-state index in [1.54, 1.807) is 30.3 Å². The number of carbonyl (C=O) groups is 3. The zero-order valence-electron chi connectivity index (χ0n) is 20.9. The largest absolute Gasteiger partial charge is 0.329 e. The Balaban J connectivity index is 1.55. The fourth-order valence-corrected chi connectivity index (χ4v) is 5.24. The van der Waals surface area contributed by atoms with E-state index in [9.17, 15) is 22.8 Å². The Morgan fingerprint density at radius 1 is 1.08 bits per heavy atom. The van der Waals surface area contributed by atoms with Crippen LogP contribution in [0.15, 0.2) is 59.5 Å². The number of hydrogen-bond acceptors (Lipinski definition) is 7. The number of sulfonamides is 1. The van der Waals surface area contributed by atoms with Gasteiger partial charge in [-0.25, -0.2) is 8.42 Å². The maximum Gasteiger partial charge on any atom is 0.263 e. The number of imide groups is 1. The maximum atomic E-state index is 12.7. The quantitative estimate of drug-likeness (QED) is 0.286. The second-order valence-electron chi connectivity index (χ2n) is 9.51. The highest BCUT2D eigenvalue weighted by Crippen LogP contribution is 2.20. The van der Waals surface area contributed by atoms with Crippen LogP contribution < -0.4 is 15.8 Å². The van der Waals surface area contributed by atoms with Crippen LogP contribution in [0.3, 0.4) is 0 Å². The summed E-state index contributed by atoms with van der Waals surface area (Å²) in [5.74, 6) is -1.39. The standard InChI is InChI=1S/C26H33N5O5S/c1-17(2)15-21(27)26(34)31-14-6-9-22(31)25(33)29-23(32)16-18-10-12-19(13-11-18)24(28)30-37(35,36)20-7-4-3-5-8-20/h3-5,7-8,10-13,17,21-22H,6,9,14-16,27H2,1-2H3,(H2,28,30)(H,29,32,33)/t21-,22+/m1/s1. The number of nitrogens with two attached hydrogens (primary N) is 1. The lowest BCUT2D eigenvalue weighted by atomic mass is 10.0. The van der Waals surface area contributed by atoms with Gasteiger partial charge in [-0.2, -0.15) is 0 Å². The Labute approximate surface area is 217 Å². The van der Waals surface area contributed by atoms with Gasteiger partial charge in [-0.3, -0.25) is 29.8 Å². The molecular weight excluding hydrogens is 494 g/mol. The summed E-state index contributed by atoms with van der Waals surface area (Å²) in [6.45, 7) is 4.37. The minimum atomic E-state index is -3.89. The maximum absolute atomic E-state index is 12.7. The first-order valence-electron chi connectivity index (χ1n) is 12.1. The van der Waals surface area contributed by atoms with E-state index in [2.05, 4.69) is 10.0 Å². The van der Waals surface area contributed by atoms with Crippen LogP contribution in [0.4, 0.5) is 0 Å². The van der Waals surface area contributed by atoms with Gasteiger partial charge in [-0.15, -0.1) is 0 Å². The summed E-state index contributed by atoms with van der Waals surface area (Å²) in [5, 5.41) is 10.5. The zero-order valence-corrected chi connectivity index (χ0v) is 21.8. The lowest BCUT2D eigenvalue weighted by molar-refractivity contribution is -0.141. The molecule has 0 aromatic heterocycles. The van der Waals surface area contributed by atoms with Gasteiger partial charge in [0.25, 0.3) is 10.0 Å². The number of carbonyl (C=O) groups excluding carboxylic acids is 3. The molecule has 5 N–H and O–H groups in total. The summed E-state index contributed by atoms with van der Waals surface area (Å²) in [6.07, 6.45) is 1.55. The Bertz CT molecular complexity index is 1250. The molecule has 0 aliphatic carbocycles. The first kappa shape index (κ1) is 28.0. The molecule has 1 fully saturated rings. The Kier molecular flexibility index (Phi) is 9.17. The second kappa shape index (κ2) is 12.1. The molecule has 0 radical (unpaired) electrons. The van der Waals surface area contributed by atoms with E-state index in [-0.39, 0.29) is 29.0 Å². The van der Waals surface area contributed by atoms with Crippen LogP contribution in [-0.4, -0.2) is 55.5 Å². The number of amidine groups is 1. The third-order valence-corrected chi connectivity index (χ3v) is 7.41. The molecule has 1 heterocycles. The fraction of sp³-hybridized carbons (Fsp3) is 0.385. The van der Waals surface area contributed by atoms with Crippen molar-refractivity contribution in [1.29, 1.82) is 5.41 Å². The topological polar surface area (TPSA) is 163 Å². The highest BCUT2D eigenvalue weighted by molar-refractivity contribution is 7.90. The van der Waals surface area contributed by atoms with Gasteiger partial charge in [-0.05, 0) is 42.9 Å². The molecule has 10 nitrogen and oxygen atoms in total. The SMILES string of the molecule is CC(C)C[C@@H](N)C(=O)N1CCC[C@H]1C(=O)NC(=O)Cc1ccc(C(=N)NS(=O)(=O)c2ccccc2)cc1. The van der Waals surface area contributed by atoms with Crippen molar-refractivity contribution in [1.82, 2.24) is 14.9 Å². The van der Waals surface area contributed by atoms with Crippen molar-refractivity contribution in [2.24, 2.45) is 11.7 Å². The van der Waals surface area contributed by atoms with Crippen molar-refractivity contribution in [3.05, 3.63) is 65.7 Å². The number of likely N-dealkylation sites (tertiary alicyclic amines) is 1. The minimum absolute atomic E-state index is 0.0437. The summed E-state index contributed by atoms with van der Waals surface area (Å²) in [6, 6.07) is 12.5. The number of hydrogen-bond donors (Lipinski definition) is 4. The molecule has 2 atom stereocenters. The molecule has 1 aliphatic heterocycles. The minimum Gasteiger partial charge on any atom is -0.329 e. The van der Waals surface area contributed by atoms with Crippen LogP contribution in [0.1, 0.15) is 44.2 Å². The molecule has 3 amide bonds. The van der Waals surface area contributed by atoms with E-state index < -0.39 is 33.9 Å². The summed E-state index contributed by atoms with van der Waals surface area (Å²) in [7, 11) is -3.89. The number of amides is 3. The van der Waals surface area contributed by atoms with E-state index in [4.69, 9.17) is 11.1 Å². The van der Waals surface area contributed by atoms with Gasteiger partial charge in [0, 0.05) is 12.1 Å². The van der Waals surface area contributed by atoms with Crippen LogP contribution in [0.2, 0.25) is 0 Å². The van der Waals surface area contributed by atoms with E-state index in [1.807, 2.05) is 13.8 Å². The molecule has 11 heteroatoms. The molecule has 3 rings (SSSR count). The van der Waals surface area contributed by atoms with E-state index in [0.29, 0.717) is 36.9 Å². The van der Waals surface area contributed by atoms with Gasteiger partial charge in [0.1, 0.15) is 11.9 Å². The van der Waals surface area contributed by atoms with E-state index in [0.717, 1.165) is 0 Å². The number of nitrogens with one attached hydrogen (secondary N) is 3. The van der Waals surface area contributed by atoms with Crippen LogP contribution in [-0.2, 0) is 30.8 Å². The fourth-order valence-electron chi connectivity index (χ4n) is 4.22. The predicted molar refractivity (Wildman–Crippen MR) is 139 cm³/mol. The Hall–Kier alpha value is -3.57. The van der Waals surface area contributed by atoms with E-state index in [1.165, 1.54) is 29.2 Å². The molecular formula is C26H33N5O5S. The smallest absolute Gasteiger partial charge is 0.263 e. The zero-order chi connectivity index (χ0) is 27.2. The molecule has 2 aromatic rings. The van der Waals surface area contributed by atoms with Crippen molar-refractivity contribution >= 4 is 33.6 Å². The number of rotatable bonds is 9. The van der Waals surface area contributed by atoms with Crippen molar-refractivity contribution < 1.29 is 22.8 Å². The van der Waals surface area contributed by atoms with Crippen LogP contribution in [0, 0.1) is 11.3 Å². The van der Waals surface area contributed by atoms with Crippen LogP contribution in [0.5, 0.6) is 0 Å². The number of nitrogens with zero attached hydrogens (tertiary/aromatic N) is 1. The average Bonchev–Trinajstić information content (AvgIpc) is 3.34. The summed E-state index contributed by atoms with van der Waals surface area (Å²) >= 11 is 0. The van der Waals surface area contributed by atoms with Gasteiger partial charge in [-0.1, -0.05) is 56.3 Å². The molecule has 1 aliphatic rings. The molecule has 0 bridgehead atoms. The summed E-state index contributed by atoms with van der Waals surface area (Å²) in [5.41, 5.74) is 6.91. The molecule has 2 aromatic carbocycles. The molecule has 37 heavy (non-hydrogen) atoms. The van der Waals surface area contributed by atoms with Gasteiger partial charge >= 0.3 is 0 Å². The Morgan fingerprint density at radius 3 is 2.35 bits per heavy atom. The lowest BCUT2D eigenvalue weighted by Crippen LogP contribution is -2.52. The molecule has 1 saturated heterocycles. The first-order chi connectivity index (χ1) is 17.5. The normalized spacial score (nSPS) is 16.3. The van der Waals surface area contributed by atoms with Crippen molar-refractivity contribution in [2.75, 3.05) is 6.54 Å². The number of benzene rings is 2. The van der Waals surface area contributed by atoms with Gasteiger partial charge < -0.3 is 10.6 Å². The van der Waals surface area contributed by atoms with Crippen molar-refractivity contribution in [3.8, 4) is 0 Å². The third kappa shape index (κ3) is 7.46. The monoisotopic (exact) mass is 527 g/mol. The first-order valence-corrected chi connectivity index (χ1v) is 13.6. The van der Waals surface area contributed by atoms with Gasteiger partial charge in [0.05, 0.1) is 17.4 Å². The highest BCUT2D eigenvalue weighted by atomic mass is 32.2.